The van der Waals surface area contributed by atoms with Crippen molar-refractivity contribution in [1.82, 2.24) is 0 Å². The van der Waals surface area contributed by atoms with E-state index in [2.05, 4.69) is 16.8 Å². The Balaban J connectivity index is 1.98. The molecule has 2 N–H and O–H groups in total. The molecule has 0 aromatic heterocycles. The lowest BCUT2D eigenvalue weighted by atomic mass is 9.85. The molecule has 19 heavy (non-hydrogen) atoms. The Bertz CT molecular complexity index is 519. The summed E-state index contributed by atoms with van der Waals surface area (Å²) in [6, 6.07) is 7.78. The maximum absolute atomic E-state index is 6.10. The monoisotopic (exact) mass is 279 g/mol. The molecule has 1 fully saturated rings. The molecule has 2 atom stereocenters. The van der Waals surface area contributed by atoms with E-state index < -0.39 is 0 Å². The van der Waals surface area contributed by atoms with E-state index >= 15 is 0 Å². The van der Waals surface area contributed by atoms with Crippen molar-refractivity contribution in [2.24, 2.45) is 10.7 Å². The van der Waals surface area contributed by atoms with Gasteiger partial charge in [-0.15, -0.1) is 0 Å². The quantitative estimate of drug-likeness (QED) is 0.859. The largest absolute Gasteiger partial charge is 0.378 e. The van der Waals surface area contributed by atoms with Gasteiger partial charge >= 0.3 is 0 Å². The zero-order valence-electron chi connectivity index (χ0n) is 11.0. The number of ether oxygens (including phenoxy) is 1. The summed E-state index contributed by atoms with van der Waals surface area (Å²) in [5.41, 5.74) is 7.07. The summed E-state index contributed by atoms with van der Waals surface area (Å²) in [5.74, 6) is 0.580. The second-order valence-corrected chi connectivity index (χ2v) is 5.79. The highest BCUT2D eigenvalue weighted by Gasteiger charge is 2.46. The first kappa shape index (κ1) is 12.8. The number of nitrogens with zero attached hydrogens (tertiary/aromatic N) is 2. The average Bonchev–Trinajstić information content (AvgIpc) is 2.66. The number of halogens is 1. The number of rotatable bonds is 1. The van der Waals surface area contributed by atoms with Gasteiger partial charge in [-0.05, 0) is 38.0 Å². The predicted octanol–water partition coefficient (Wildman–Crippen LogP) is 2.41. The minimum atomic E-state index is -0.0492. The van der Waals surface area contributed by atoms with Crippen molar-refractivity contribution in [2.75, 3.05) is 18.1 Å². The molecular weight excluding hydrogens is 262 g/mol. The summed E-state index contributed by atoms with van der Waals surface area (Å²) in [7, 11) is 0. The molecule has 3 rings (SSSR count). The van der Waals surface area contributed by atoms with Gasteiger partial charge in [-0.2, -0.15) is 0 Å². The van der Waals surface area contributed by atoms with Crippen molar-refractivity contribution in [1.29, 1.82) is 0 Å². The van der Waals surface area contributed by atoms with Crippen LogP contribution >= 0.6 is 11.6 Å². The molecule has 5 heteroatoms. The maximum Gasteiger partial charge on any atom is 0.196 e. The molecule has 2 unspecified atom stereocenters. The Hall–Kier alpha value is -1.26. The summed E-state index contributed by atoms with van der Waals surface area (Å²) in [5, 5.41) is 0.715. The molecule has 1 aromatic rings. The van der Waals surface area contributed by atoms with E-state index in [4.69, 9.17) is 22.1 Å². The maximum atomic E-state index is 6.10. The van der Waals surface area contributed by atoms with Crippen molar-refractivity contribution in [2.45, 2.75) is 31.4 Å². The summed E-state index contributed by atoms with van der Waals surface area (Å²) in [6.07, 6.45) is 2.11. The topological polar surface area (TPSA) is 50.9 Å². The van der Waals surface area contributed by atoms with Crippen LogP contribution in [0.25, 0.3) is 0 Å². The van der Waals surface area contributed by atoms with Crippen molar-refractivity contribution in [3.05, 3.63) is 29.3 Å². The van der Waals surface area contributed by atoms with E-state index in [1.165, 1.54) is 0 Å². The molecule has 0 radical (unpaired) electrons. The molecule has 2 heterocycles. The second kappa shape index (κ2) is 4.69. The van der Waals surface area contributed by atoms with Gasteiger partial charge in [0, 0.05) is 17.3 Å². The fourth-order valence-corrected chi connectivity index (χ4v) is 3.31. The fourth-order valence-electron chi connectivity index (χ4n) is 3.13. The van der Waals surface area contributed by atoms with Crippen LogP contribution in [0, 0.1) is 0 Å². The zero-order chi connectivity index (χ0) is 13.5. The molecular formula is C14H18ClN3O. The summed E-state index contributed by atoms with van der Waals surface area (Å²) >= 11 is 6.09. The number of hydrogen-bond donors (Lipinski definition) is 1. The highest BCUT2D eigenvalue weighted by atomic mass is 35.5. The van der Waals surface area contributed by atoms with Gasteiger partial charge in [0.05, 0.1) is 18.2 Å². The second-order valence-electron chi connectivity index (χ2n) is 5.35. The van der Waals surface area contributed by atoms with Crippen LogP contribution in [0.1, 0.15) is 19.8 Å². The molecule has 1 spiro atoms. The number of nitrogens with two attached hydrogens (primary N) is 1. The lowest BCUT2D eigenvalue weighted by Gasteiger charge is -2.44. The van der Waals surface area contributed by atoms with Crippen molar-refractivity contribution in [3.8, 4) is 0 Å². The average molecular weight is 280 g/mol. The van der Waals surface area contributed by atoms with Crippen LogP contribution in [0.5, 0.6) is 0 Å². The normalized spacial score (nSPS) is 30.7. The molecule has 102 valence electrons. The lowest BCUT2D eigenvalue weighted by molar-refractivity contribution is -0.00246. The van der Waals surface area contributed by atoms with Crippen LogP contribution in [0.4, 0.5) is 5.69 Å². The third-order valence-electron chi connectivity index (χ3n) is 3.94. The van der Waals surface area contributed by atoms with Crippen LogP contribution in [0.15, 0.2) is 29.3 Å². The number of benzene rings is 1. The minimum Gasteiger partial charge on any atom is -0.378 e. The van der Waals surface area contributed by atoms with E-state index in [1.54, 1.807) is 0 Å². The van der Waals surface area contributed by atoms with Crippen LogP contribution in [-0.4, -0.2) is 30.8 Å². The number of hydrogen-bond acceptors (Lipinski definition) is 4. The first-order chi connectivity index (χ1) is 9.11. The fraction of sp³-hybridized carbons (Fsp3) is 0.500. The molecule has 2 aliphatic heterocycles. The Morgan fingerprint density at radius 2 is 2.37 bits per heavy atom. The van der Waals surface area contributed by atoms with Crippen LogP contribution in [0.2, 0.25) is 5.02 Å². The van der Waals surface area contributed by atoms with Gasteiger partial charge in [-0.25, -0.2) is 0 Å². The highest BCUT2D eigenvalue weighted by Crippen LogP contribution is 2.38. The first-order valence-corrected chi connectivity index (χ1v) is 6.96. The molecule has 1 aromatic carbocycles. The molecule has 4 nitrogen and oxygen atoms in total. The van der Waals surface area contributed by atoms with Crippen molar-refractivity contribution >= 4 is 23.2 Å². The summed E-state index contributed by atoms with van der Waals surface area (Å²) < 4.78 is 5.66. The standard InChI is InChI=1S/C14H18ClN3O/c1-10-8-14(5-6-19-10)9-17-13(16)18(14)12-4-2-3-11(15)7-12/h2-4,7,10H,5-6,8-9H2,1H3,(H2,16,17). The Morgan fingerprint density at radius 1 is 1.53 bits per heavy atom. The Labute approximate surface area is 118 Å². The van der Waals surface area contributed by atoms with Gasteiger partial charge in [-0.1, -0.05) is 17.7 Å². The van der Waals surface area contributed by atoms with Gasteiger partial charge in [0.25, 0.3) is 0 Å². The number of guanidine groups is 1. The van der Waals surface area contributed by atoms with Crippen molar-refractivity contribution < 1.29 is 4.74 Å². The van der Waals surface area contributed by atoms with Gasteiger partial charge in [0.1, 0.15) is 0 Å². The Kier molecular flexibility index (Phi) is 3.15. The molecule has 0 aliphatic carbocycles. The van der Waals surface area contributed by atoms with Gasteiger partial charge < -0.3 is 15.4 Å². The van der Waals surface area contributed by atoms with E-state index in [-0.39, 0.29) is 11.6 Å². The van der Waals surface area contributed by atoms with E-state index in [9.17, 15) is 0 Å². The summed E-state index contributed by atoms with van der Waals surface area (Å²) in [6.45, 7) is 3.59. The molecule has 1 saturated heterocycles. The molecule has 0 amide bonds. The number of aliphatic imine (C=N–C) groups is 1. The van der Waals surface area contributed by atoms with E-state index in [0.717, 1.165) is 31.7 Å². The van der Waals surface area contributed by atoms with Gasteiger partial charge in [0.15, 0.2) is 5.96 Å². The van der Waals surface area contributed by atoms with Crippen LogP contribution in [-0.2, 0) is 4.74 Å². The predicted molar refractivity (Wildman–Crippen MR) is 77.8 cm³/mol. The van der Waals surface area contributed by atoms with E-state index in [1.807, 2.05) is 24.3 Å². The Morgan fingerprint density at radius 3 is 3.11 bits per heavy atom. The van der Waals surface area contributed by atoms with Crippen LogP contribution < -0.4 is 10.6 Å². The van der Waals surface area contributed by atoms with Crippen LogP contribution in [0.3, 0.4) is 0 Å². The van der Waals surface area contributed by atoms with Crippen molar-refractivity contribution in [3.63, 3.8) is 0 Å². The molecule has 0 bridgehead atoms. The first-order valence-electron chi connectivity index (χ1n) is 6.58. The third-order valence-corrected chi connectivity index (χ3v) is 4.18. The lowest BCUT2D eigenvalue weighted by Crippen LogP contribution is -2.56. The van der Waals surface area contributed by atoms with Gasteiger partial charge in [-0.3, -0.25) is 4.99 Å². The number of anilines is 1. The summed E-state index contributed by atoms with van der Waals surface area (Å²) in [4.78, 5) is 6.59. The van der Waals surface area contributed by atoms with E-state index in [0.29, 0.717) is 11.0 Å². The smallest absolute Gasteiger partial charge is 0.196 e. The van der Waals surface area contributed by atoms with Gasteiger partial charge in [0.2, 0.25) is 0 Å². The highest BCUT2D eigenvalue weighted by molar-refractivity contribution is 6.31. The minimum absolute atomic E-state index is 0.0492. The molecule has 0 saturated carbocycles. The third kappa shape index (κ3) is 2.19. The molecule has 2 aliphatic rings. The SMILES string of the molecule is CC1CC2(CCO1)CN=C(N)N2c1cccc(Cl)c1. The zero-order valence-corrected chi connectivity index (χ0v) is 11.7.